The first-order valence-electron chi connectivity index (χ1n) is 6.86. The van der Waals surface area contributed by atoms with Gasteiger partial charge >= 0.3 is 0 Å². The predicted molar refractivity (Wildman–Crippen MR) is 90.2 cm³/mol. The van der Waals surface area contributed by atoms with Crippen LogP contribution in [0.1, 0.15) is 38.1 Å². The van der Waals surface area contributed by atoms with Crippen molar-refractivity contribution in [1.82, 2.24) is 5.32 Å². The number of carbonyl (C=O) groups excluding carboxylic acids is 2. The number of thioether (sulfide) groups is 1. The maximum absolute atomic E-state index is 11.9. The van der Waals surface area contributed by atoms with E-state index in [0.717, 1.165) is 0 Å². The molecule has 1 amide bonds. The SMILES string of the molecule is CC(NC(=O)CSCC(=O)c1ccc(Cl)cc1)C(C)(C)C. The van der Waals surface area contributed by atoms with Gasteiger partial charge in [-0.1, -0.05) is 32.4 Å². The molecule has 0 bridgehead atoms. The lowest BCUT2D eigenvalue weighted by Crippen LogP contribution is -2.42. The lowest BCUT2D eigenvalue weighted by molar-refractivity contribution is -0.119. The zero-order chi connectivity index (χ0) is 16.0. The Morgan fingerprint density at radius 3 is 2.29 bits per heavy atom. The Kier molecular flexibility index (Phi) is 6.75. The van der Waals surface area contributed by atoms with Crippen LogP contribution in [0.25, 0.3) is 0 Å². The van der Waals surface area contributed by atoms with Gasteiger partial charge in [0.25, 0.3) is 0 Å². The molecule has 1 N–H and O–H groups in total. The smallest absolute Gasteiger partial charge is 0.230 e. The van der Waals surface area contributed by atoms with Crippen LogP contribution in [0.2, 0.25) is 5.02 Å². The fourth-order valence-electron chi connectivity index (χ4n) is 1.46. The van der Waals surface area contributed by atoms with Crippen LogP contribution in [0.15, 0.2) is 24.3 Å². The van der Waals surface area contributed by atoms with Gasteiger partial charge < -0.3 is 5.32 Å². The Balaban J connectivity index is 2.35. The van der Waals surface area contributed by atoms with Crippen molar-refractivity contribution in [3.8, 4) is 0 Å². The molecule has 0 saturated carbocycles. The lowest BCUT2D eigenvalue weighted by Gasteiger charge is -2.28. The third-order valence-corrected chi connectivity index (χ3v) is 4.49. The van der Waals surface area contributed by atoms with E-state index >= 15 is 0 Å². The quantitative estimate of drug-likeness (QED) is 0.808. The minimum absolute atomic E-state index is 0.00772. The topological polar surface area (TPSA) is 46.2 Å². The predicted octanol–water partition coefficient (Wildman–Crippen LogP) is 3.81. The molecule has 1 aromatic rings. The van der Waals surface area contributed by atoms with E-state index in [4.69, 9.17) is 11.6 Å². The van der Waals surface area contributed by atoms with Crippen LogP contribution >= 0.6 is 23.4 Å². The largest absolute Gasteiger partial charge is 0.352 e. The van der Waals surface area contributed by atoms with Gasteiger partial charge in [0.2, 0.25) is 5.91 Å². The molecular weight excluding hydrogens is 306 g/mol. The number of amides is 1. The van der Waals surface area contributed by atoms with Gasteiger partial charge in [-0.15, -0.1) is 11.8 Å². The summed E-state index contributed by atoms with van der Waals surface area (Å²) in [5, 5.41) is 3.56. The zero-order valence-electron chi connectivity index (χ0n) is 12.9. The average molecular weight is 328 g/mol. The van der Waals surface area contributed by atoms with Crippen molar-refractivity contribution in [3.05, 3.63) is 34.9 Å². The van der Waals surface area contributed by atoms with Crippen molar-refractivity contribution in [2.24, 2.45) is 5.41 Å². The highest BCUT2D eigenvalue weighted by molar-refractivity contribution is 8.00. The van der Waals surface area contributed by atoms with E-state index in [2.05, 4.69) is 26.1 Å². The summed E-state index contributed by atoms with van der Waals surface area (Å²) in [6, 6.07) is 6.88. The second-order valence-corrected chi connectivity index (χ2v) is 7.50. The number of carbonyl (C=O) groups is 2. The maximum atomic E-state index is 11.9. The third kappa shape index (κ3) is 6.53. The second kappa shape index (κ2) is 7.85. The fourth-order valence-corrected chi connectivity index (χ4v) is 2.30. The van der Waals surface area contributed by atoms with Crippen LogP contribution in [-0.2, 0) is 4.79 Å². The monoisotopic (exact) mass is 327 g/mol. The highest BCUT2D eigenvalue weighted by Crippen LogP contribution is 2.18. The number of hydrogen-bond acceptors (Lipinski definition) is 3. The highest BCUT2D eigenvalue weighted by Gasteiger charge is 2.21. The first-order valence-corrected chi connectivity index (χ1v) is 8.39. The number of halogens is 1. The molecule has 0 radical (unpaired) electrons. The average Bonchev–Trinajstić information content (AvgIpc) is 2.38. The van der Waals surface area contributed by atoms with Crippen molar-refractivity contribution in [3.63, 3.8) is 0 Å². The number of ketones is 1. The van der Waals surface area contributed by atoms with Crippen LogP contribution in [0, 0.1) is 5.41 Å². The summed E-state index contributed by atoms with van der Waals surface area (Å²) in [6.45, 7) is 8.22. The summed E-state index contributed by atoms with van der Waals surface area (Å²) in [4.78, 5) is 23.7. The fraction of sp³-hybridized carbons (Fsp3) is 0.500. The highest BCUT2D eigenvalue weighted by atomic mass is 35.5. The normalized spacial score (nSPS) is 12.8. The van der Waals surface area contributed by atoms with Gasteiger partial charge in [-0.3, -0.25) is 9.59 Å². The third-order valence-electron chi connectivity index (χ3n) is 3.31. The second-order valence-electron chi connectivity index (χ2n) is 6.08. The van der Waals surface area contributed by atoms with E-state index in [1.54, 1.807) is 24.3 Å². The first-order chi connectivity index (χ1) is 9.70. The van der Waals surface area contributed by atoms with Gasteiger partial charge in [0.1, 0.15) is 0 Å². The lowest BCUT2D eigenvalue weighted by atomic mass is 9.88. The van der Waals surface area contributed by atoms with E-state index in [0.29, 0.717) is 22.1 Å². The van der Waals surface area contributed by atoms with Crippen LogP contribution < -0.4 is 5.32 Å². The van der Waals surface area contributed by atoms with E-state index in [1.165, 1.54) is 11.8 Å². The number of nitrogens with one attached hydrogen (secondary N) is 1. The van der Waals surface area contributed by atoms with E-state index in [-0.39, 0.29) is 23.1 Å². The van der Waals surface area contributed by atoms with Gasteiger partial charge in [0.15, 0.2) is 5.78 Å². The van der Waals surface area contributed by atoms with Crippen molar-refractivity contribution < 1.29 is 9.59 Å². The molecule has 0 spiro atoms. The van der Waals surface area contributed by atoms with Crippen molar-refractivity contribution in [2.75, 3.05) is 11.5 Å². The molecule has 0 aromatic heterocycles. The van der Waals surface area contributed by atoms with Gasteiger partial charge in [-0.05, 0) is 36.6 Å². The van der Waals surface area contributed by atoms with Gasteiger partial charge in [0.05, 0.1) is 11.5 Å². The van der Waals surface area contributed by atoms with E-state index in [1.807, 2.05) is 6.92 Å². The summed E-state index contributed by atoms with van der Waals surface area (Å²) in [5.74, 6) is 0.554. The first kappa shape index (κ1) is 18.1. The molecule has 3 nitrogen and oxygen atoms in total. The molecule has 0 aliphatic rings. The molecule has 0 heterocycles. The molecule has 5 heteroatoms. The molecule has 1 rings (SSSR count). The van der Waals surface area contributed by atoms with Gasteiger partial charge in [0, 0.05) is 16.6 Å². The molecule has 1 unspecified atom stereocenters. The molecule has 21 heavy (non-hydrogen) atoms. The van der Waals surface area contributed by atoms with Gasteiger partial charge in [-0.2, -0.15) is 0 Å². The molecule has 1 atom stereocenters. The molecular formula is C16H22ClNO2S. The molecule has 116 valence electrons. The Morgan fingerprint density at radius 2 is 1.76 bits per heavy atom. The summed E-state index contributed by atoms with van der Waals surface area (Å²) in [5.41, 5.74) is 0.648. The molecule has 0 fully saturated rings. The van der Waals surface area contributed by atoms with Crippen LogP contribution in [0.3, 0.4) is 0 Å². The van der Waals surface area contributed by atoms with E-state index in [9.17, 15) is 9.59 Å². The number of rotatable bonds is 6. The Bertz CT molecular complexity index is 494. The van der Waals surface area contributed by atoms with Crippen molar-refractivity contribution in [1.29, 1.82) is 0 Å². The van der Waals surface area contributed by atoms with Crippen LogP contribution in [0.4, 0.5) is 0 Å². The summed E-state index contributed by atoms with van der Waals surface area (Å²) < 4.78 is 0. The van der Waals surface area contributed by atoms with Crippen LogP contribution in [0.5, 0.6) is 0 Å². The number of hydrogen-bond donors (Lipinski definition) is 1. The Hall–Kier alpha value is -1.00. The molecule has 0 saturated heterocycles. The Labute approximate surface area is 135 Å². The summed E-state index contributed by atoms with van der Waals surface area (Å²) >= 11 is 7.10. The minimum atomic E-state index is -0.0358. The van der Waals surface area contributed by atoms with E-state index < -0.39 is 0 Å². The summed E-state index contributed by atoms with van der Waals surface area (Å²) in [7, 11) is 0. The van der Waals surface area contributed by atoms with Crippen molar-refractivity contribution in [2.45, 2.75) is 33.7 Å². The molecule has 0 aliphatic carbocycles. The molecule has 0 aliphatic heterocycles. The van der Waals surface area contributed by atoms with Gasteiger partial charge in [-0.25, -0.2) is 0 Å². The Morgan fingerprint density at radius 1 is 1.19 bits per heavy atom. The standard InChI is InChI=1S/C16H22ClNO2S/c1-11(16(2,3)4)18-15(20)10-21-9-14(19)12-5-7-13(17)8-6-12/h5-8,11H,9-10H2,1-4H3,(H,18,20). The number of Topliss-reactive ketones (excluding diaryl/α,β-unsaturated/α-hetero) is 1. The van der Waals surface area contributed by atoms with Crippen LogP contribution in [-0.4, -0.2) is 29.2 Å². The minimum Gasteiger partial charge on any atom is -0.352 e. The zero-order valence-corrected chi connectivity index (χ0v) is 14.5. The van der Waals surface area contributed by atoms with Crippen molar-refractivity contribution >= 4 is 35.1 Å². The maximum Gasteiger partial charge on any atom is 0.230 e. The molecule has 1 aromatic carbocycles. The number of benzene rings is 1. The summed E-state index contributed by atoms with van der Waals surface area (Å²) in [6.07, 6.45) is 0.